The molecule has 2 heterocycles. The summed E-state index contributed by atoms with van der Waals surface area (Å²) in [5.41, 5.74) is 2.90. The van der Waals surface area contributed by atoms with E-state index in [-0.39, 0.29) is 5.91 Å². The third-order valence-corrected chi connectivity index (χ3v) is 3.15. The number of nitrogens with zero attached hydrogens (tertiary/aromatic N) is 2. The van der Waals surface area contributed by atoms with E-state index in [0.29, 0.717) is 6.54 Å². The summed E-state index contributed by atoms with van der Waals surface area (Å²) in [6.45, 7) is 0.457. The van der Waals surface area contributed by atoms with Crippen molar-refractivity contribution in [2.24, 2.45) is 0 Å². The van der Waals surface area contributed by atoms with Crippen LogP contribution in [-0.4, -0.2) is 21.1 Å². The normalized spacial score (nSPS) is 11.0. The van der Waals surface area contributed by atoms with E-state index in [9.17, 15) is 4.79 Å². The summed E-state index contributed by atoms with van der Waals surface area (Å²) < 4.78 is 0. The molecule has 0 atom stereocenters. The van der Waals surface area contributed by atoms with Gasteiger partial charge in [-0.2, -0.15) is 5.10 Å². The molecule has 2 N–H and O–H groups in total. The van der Waals surface area contributed by atoms with Crippen LogP contribution in [0.1, 0.15) is 11.1 Å². The topological polar surface area (TPSA) is 70.7 Å². The van der Waals surface area contributed by atoms with Gasteiger partial charge < -0.3 is 5.32 Å². The number of rotatable bonds is 4. The Bertz CT molecular complexity index is 777. The predicted molar refractivity (Wildman–Crippen MR) is 81.2 cm³/mol. The van der Waals surface area contributed by atoms with Gasteiger partial charge in [-0.3, -0.25) is 14.9 Å². The molecule has 21 heavy (non-hydrogen) atoms. The van der Waals surface area contributed by atoms with Gasteiger partial charge in [0.1, 0.15) is 0 Å². The smallest absolute Gasteiger partial charge is 0.244 e. The number of benzene rings is 1. The molecule has 5 heteroatoms. The summed E-state index contributed by atoms with van der Waals surface area (Å²) in [6, 6.07) is 9.58. The summed E-state index contributed by atoms with van der Waals surface area (Å²) in [5, 5.41) is 10.8. The summed E-state index contributed by atoms with van der Waals surface area (Å²) >= 11 is 0. The van der Waals surface area contributed by atoms with Crippen molar-refractivity contribution < 1.29 is 4.79 Å². The van der Waals surface area contributed by atoms with Crippen molar-refractivity contribution in [2.75, 3.05) is 0 Å². The van der Waals surface area contributed by atoms with Crippen molar-refractivity contribution >= 4 is 22.9 Å². The van der Waals surface area contributed by atoms with Crippen molar-refractivity contribution in [2.45, 2.75) is 6.54 Å². The van der Waals surface area contributed by atoms with Crippen LogP contribution >= 0.6 is 0 Å². The zero-order chi connectivity index (χ0) is 14.5. The highest BCUT2D eigenvalue weighted by Gasteiger charge is 2.03. The quantitative estimate of drug-likeness (QED) is 0.719. The number of amides is 1. The van der Waals surface area contributed by atoms with Crippen LogP contribution in [0.3, 0.4) is 0 Å². The van der Waals surface area contributed by atoms with E-state index in [1.54, 1.807) is 24.7 Å². The van der Waals surface area contributed by atoms with Gasteiger partial charge in [-0.25, -0.2) is 0 Å². The third kappa shape index (κ3) is 3.14. The highest BCUT2D eigenvalue weighted by Crippen LogP contribution is 2.15. The fraction of sp³-hybridized carbons (Fsp3) is 0.0625. The van der Waals surface area contributed by atoms with E-state index in [2.05, 4.69) is 20.5 Å². The molecule has 0 saturated heterocycles. The minimum absolute atomic E-state index is 0.136. The van der Waals surface area contributed by atoms with Gasteiger partial charge in [0.25, 0.3) is 0 Å². The number of hydrogen-bond donors (Lipinski definition) is 2. The molecule has 0 bridgehead atoms. The van der Waals surface area contributed by atoms with Gasteiger partial charge in [0.2, 0.25) is 5.91 Å². The highest BCUT2D eigenvalue weighted by atomic mass is 16.1. The number of aromatic nitrogens is 3. The molecule has 2 aromatic heterocycles. The fourth-order valence-electron chi connectivity index (χ4n) is 2.07. The molecule has 1 amide bonds. The predicted octanol–water partition coefficient (Wildman–Crippen LogP) is 2.29. The Morgan fingerprint density at radius 2 is 2.10 bits per heavy atom. The van der Waals surface area contributed by atoms with E-state index in [1.165, 1.54) is 6.08 Å². The standard InChI is InChI=1S/C16H14N4O/c21-15(5-4-12-6-8-17-9-7-12)18-10-13-2-1-3-14-11-19-20-16(13)14/h1-9,11H,10H2,(H,18,21)(H,19,20). The lowest BCUT2D eigenvalue weighted by Crippen LogP contribution is -2.20. The molecule has 0 aliphatic carbocycles. The largest absolute Gasteiger partial charge is 0.348 e. The highest BCUT2D eigenvalue weighted by molar-refractivity contribution is 5.92. The Hall–Kier alpha value is -2.95. The maximum atomic E-state index is 11.8. The molecule has 0 spiro atoms. The summed E-state index contributed by atoms with van der Waals surface area (Å²) in [5.74, 6) is -0.136. The molecule has 1 aromatic carbocycles. The number of aromatic amines is 1. The molecule has 0 aliphatic rings. The van der Waals surface area contributed by atoms with Crippen molar-refractivity contribution in [3.63, 3.8) is 0 Å². The molecular formula is C16H14N4O. The average Bonchev–Trinajstić information content (AvgIpc) is 3.01. The molecule has 0 fully saturated rings. The first-order valence-corrected chi connectivity index (χ1v) is 6.60. The fourth-order valence-corrected chi connectivity index (χ4v) is 2.07. The van der Waals surface area contributed by atoms with Crippen LogP contribution in [0, 0.1) is 0 Å². The Labute approximate surface area is 121 Å². The van der Waals surface area contributed by atoms with E-state index < -0.39 is 0 Å². The Morgan fingerprint density at radius 3 is 2.95 bits per heavy atom. The molecule has 0 unspecified atom stereocenters. The summed E-state index contributed by atoms with van der Waals surface area (Å²) in [7, 11) is 0. The van der Waals surface area contributed by atoms with Crippen molar-refractivity contribution in [1.29, 1.82) is 0 Å². The first-order chi connectivity index (χ1) is 10.3. The van der Waals surface area contributed by atoms with E-state index >= 15 is 0 Å². The lowest BCUT2D eigenvalue weighted by atomic mass is 10.1. The van der Waals surface area contributed by atoms with Crippen molar-refractivity contribution in [3.8, 4) is 0 Å². The van der Waals surface area contributed by atoms with E-state index in [1.807, 2.05) is 30.3 Å². The third-order valence-electron chi connectivity index (χ3n) is 3.15. The van der Waals surface area contributed by atoms with Crippen LogP contribution in [0.15, 0.2) is 55.0 Å². The summed E-state index contributed by atoms with van der Waals surface area (Å²) in [6.07, 6.45) is 8.42. The number of nitrogens with one attached hydrogen (secondary N) is 2. The second-order valence-electron chi connectivity index (χ2n) is 4.58. The van der Waals surface area contributed by atoms with Crippen LogP contribution in [-0.2, 0) is 11.3 Å². The average molecular weight is 278 g/mol. The van der Waals surface area contributed by atoms with Gasteiger partial charge in [-0.15, -0.1) is 0 Å². The first-order valence-electron chi connectivity index (χ1n) is 6.60. The van der Waals surface area contributed by atoms with Crippen molar-refractivity contribution in [3.05, 3.63) is 66.1 Å². The van der Waals surface area contributed by atoms with E-state index in [0.717, 1.165) is 22.0 Å². The minimum atomic E-state index is -0.136. The maximum Gasteiger partial charge on any atom is 0.244 e. The lowest BCUT2D eigenvalue weighted by molar-refractivity contribution is -0.116. The molecule has 104 valence electrons. The van der Waals surface area contributed by atoms with E-state index in [4.69, 9.17) is 0 Å². The van der Waals surface area contributed by atoms with Crippen LogP contribution in [0.2, 0.25) is 0 Å². The molecule has 5 nitrogen and oxygen atoms in total. The number of pyridine rings is 1. The number of H-pyrrole nitrogens is 1. The van der Waals surface area contributed by atoms with Gasteiger partial charge in [0.05, 0.1) is 11.7 Å². The number of para-hydroxylation sites is 1. The van der Waals surface area contributed by atoms with Gasteiger partial charge in [0.15, 0.2) is 0 Å². The van der Waals surface area contributed by atoms with Gasteiger partial charge in [-0.1, -0.05) is 18.2 Å². The first kappa shape index (κ1) is 13.1. The zero-order valence-electron chi connectivity index (χ0n) is 11.3. The van der Waals surface area contributed by atoms with Crippen LogP contribution in [0.5, 0.6) is 0 Å². The molecule has 0 radical (unpaired) electrons. The second kappa shape index (κ2) is 6.00. The molecule has 0 saturated carbocycles. The van der Waals surface area contributed by atoms with Gasteiger partial charge in [-0.05, 0) is 29.3 Å². The monoisotopic (exact) mass is 278 g/mol. The molecular weight excluding hydrogens is 264 g/mol. The number of carbonyl (C=O) groups excluding carboxylic acids is 1. The molecule has 0 aliphatic heterocycles. The lowest BCUT2D eigenvalue weighted by Gasteiger charge is -2.03. The number of hydrogen-bond acceptors (Lipinski definition) is 3. The van der Waals surface area contributed by atoms with Crippen LogP contribution < -0.4 is 5.32 Å². The maximum absolute atomic E-state index is 11.8. The van der Waals surface area contributed by atoms with Gasteiger partial charge in [0, 0.05) is 30.4 Å². The summed E-state index contributed by atoms with van der Waals surface area (Å²) in [4.78, 5) is 15.8. The van der Waals surface area contributed by atoms with Crippen LogP contribution in [0.4, 0.5) is 0 Å². The van der Waals surface area contributed by atoms with Gasteiger partial charge >= 0.3 is 0 Å². The minimum Gasteiger partial charge on any atom is -0.348 e. The van der Waals surface area contributed by atoms with Crippen LogP contribution in [0.25, 0.3) is 17.0 Å². The molecule has 3 rings (SSSR count). The Morgan fingerprint density at radius 1 is 1.24 bits per heavy atom. The SMILES string of the molecule is O=C(C=Cc1ccncc1)NCc1cccc2cn[nH]c12. The zero-order valence-corrected chi connectivity index (χ0v) is 11.3. The Balaban J connectivity index is 1.64. The number of fused-ring (bicyclic) bond motifs is 1. The van der Waals surface area contributed by atoms with Crippen molar-refractivity contribution in [1.82, 2.24) is 20.5 Å². The second-order valence-corrected chi connectivity index (χ2v) is 4.58. The Kier molecular flexibility index (Phi) is 3.73. The molecule has 3 aromatic rings. The number of carbonyl (C=O) groups is 1.